The number of aromatic nitrogens is 2. The minimum Gasteiger partial charge on any atom is -0.493 e. The van der Waals surface area contributed by atoms with Crippen molar-refractivity contribution in [2.75, 3.05) is 12.4 Å². The molecule has 1 atom stereocenters. The standard InChI is InChI=1S/C30H27N3O4/c1-36-24-16-15-20(17-25(24)37-18-19-9-4-2-5-10-19)26-27-22(13-8-14-23(27)34)31-29-28(26)30(35)33(32-29)21-11-6-3-7-12-21/h2-7,9-12,15-17,26,31-32H,8,13-14,18H2,1H3. The second kappa shape index (κ2) is 9.50. The number of nitrogens with zero attached hydrogens (tertiary/aromatic N) is 1. The number of hydrogen-bond acceptors (Lipinski definition) is 5. The minimum atomic E-state index is -0.516. The van der Waals surface area contributed by atoms with E-state index >= 15 is 0 Å². The predicted octanol–water partition coefficient (Wildman–Crippen LogP) is 5.32. The number of para-hydroxylation sites is 1. The summed E-state index contributed by atoms with van der Waals surface area (Å²) >= 11 is 0. The number of anilines is 1. The van der Waals surface area contributed by atoms with Gasteiger partial charge in [-0.25, -0.2) is 4.68 Å². The molecule has 2 heterocycles. The van der Waals surface area contributed by atoms with Gasteiger partial charge in [0.15, 0.2) is 17.3 Å². The van der Waals surface area contributed by atoms with Crippen molar-refractivity contribution >= 4 is 11.6 Å². The maximum Gasteiger partial charge on any atom is 0.277 e. The van der Waals surface area contributed by atoms with Crippen LogP contribution in [0.1, 0.15) is 41.9 Å². The zero-order valence-corrected chi connectivity index (χ0v) is 20.5. The number of H-pyrrole nitrogens is 1. The van der Waals surface area contributed by atoms with Crippen molar-refractivity contribution in [2.24, 2.45) is 0 Å². The van der Waals surface area contributed by atoms with E-state index in [1.807, 2.05) is 78.9 Å². The zero-order chi connectivity index (χ0) is 25.4. The molecule has 0 spiro atoms. The predicted molar refractivity (Wildman–Crippen MR) is 142 cm³/mol. The largest absolute Gasteiger partial charge is 0.493 e. The Kier molecular flexibility index (Phi) is 5.88. The first-order valence-electron chi connectivity index (χ1n) is 12.4. The van der Waals surface area contributed by atoms with E-state index in [1.54, 1.807) is 7.11 Å². The van der Waals surface area contributed by atoms with Gasteiger partial charge in [0.25, 0.3) is 5.56 Å². The number of allylic oxidation sites excluding steroid dienone is 2. The molecule has 0 saturated carbocycles. The van der Waals surface area contributed by atoms with Crippen LogP contribution in [0.25, 0.3) is 5.69 Å². The second-order valence-electron chi connectivity index (χ2n) is 9.29. The van der Waals surface area contributed by atoms with Gasteiger partial charge in [-0.3, -0.25) is 14.7 Å². The first kappa shape index (κ1) is 22.9. The highest BCUT2D eigenvalue weighted by Gasteiger charge is 2.39. The van der Waals surface area contributed by atoms with E-state index in [0.29, 0.717) is 41.5 Å². The number of hydrogen-bond donors (Lipinski definition) is 2. The van der Waals surface area contributed by atoms with Gasteiger partial charge in [-0.05, 0) is 48.2 Å². The molecule has 7 nitrogen and oxygen atoms in total. The number of aromatic amines is 1. The quantitative estimate of drug-likeness (QED) is 0.380. The number of methoxy groups -OCH3 is 1. The second-order valence-corrected chi connectivity index (χ2v) is 9.29. The molecule has 4 aromatic rings. The number of nitrogens with one attached hydrogen (secondary N) is 2. The summed E-state index contributed by atoms with van der Waals surface area (Å²) in [6.45, 7) is 0.371. The molecule has 0 amide bonds. The van der Waals surface area contributed by atoms with E-state index in [4.69, 9.17) is 9.47 Å². The molecule has 37 heavy (non-hydrogen) atoms. The van der Waals surface area contributed by atoms with Crippen molar-refractivity contribution in [3.8, 4) is 17.2 Å². The van der Waals surface area contributed by atoms with Crippen molar-refractivity contribution in [3.63, 3.8) is 0 Å². The van der Waals surface area contributed by atoms with E-state index in [0.717, 1.165) is 35.4 Å². The topological polar surface area (TPSA) is 85.4 Å². The Hall–Kier alpha value is -4.52. The molecule has 1 aliphatic carbocycles. The van der Waals surface area contributed by atoms with Crippen LogP contribution in [0, 0.1) is 0 Å². The lowest BCUT2D eigenvalue weighted by Gasteiger charge is -2.31. The molecule has 0 saturated heterocycles. The summed E-state index contributed by atoms with van der Waals surface area (Å²) in [6.07, 6.45) is 2.00. The van der Waals surface area contributed by atoms with Crippen LogP contribution in [0.2, 0.25) is 0 Å². The van der Waals surface area contributed by atoms with Crippen LogP contribution < -0.4 is 20.3 Å². The SMILES string of the molecule is COc1ccc(C2C3=C(CCCC3=O)Nc3[nH]n(-c4ccccc4)c(=O)c32)cc1OCc1ccccc1. The van der Waals surface area contributed by atoms with Crippen LogP contribution in [0.3, 0.4) is 0 Å². The van der Waals surface area contributed by atoms with E-state index in [-0.39, 0.29) is 11.3 Å². The van der Waals surface area contributed by atoms with Crippen LogP contribution >= 0.6 is 0 Å². The lowest BCUT2D eigenvalue weighted by molar-refractivity contribution is -0.116. The highest BCUT2D eigenvalue weighted by atomic mass is 16.5. The van der Waals surface area contributed by atoms with E-state index in [9.17, 15) is 9.59 Å². The number of Topliss-reactive ketones (excluding diaryl/α,β-unsaturated/α-hetero) is 1. The highest BCUT2D eigenvalue weighted by Crippen LogP contribution is 2.45. The van der Waals surface area contributed by atoms with Crippen molar-refractivity contribution in [3.05, 3.63) is 117 Å². The number of fused-ring (bicyclic) bond motifs is 1. The average molecular weight is 494 g/mol. The summed E-state index contributed by atoms with van der Waals surface area (Å²) in [5.41, 5.74) is 4.44. The Morgan fingerprint density at radius 1 is 0.919 bits per heavy atom. The van der Waals surface area contributed by atoms with Crippen molar-refractivity contribution < 1.29 is 14.3 Å². The van der Waals surface area contributed by atoms with Gasteiger partial charge in [-0.2, -0.15) is 0 Å². The Balaban J connectivity index is 1.47. The van der Waals surface area contributed by atoms with Gasteiger partial charge in [-0.15, -0.1) is 0 Å². The molecule has 1 aromatic heterocycles. The van der Waals surface area contributed by atoms with Crippen LogP contribution in [-0.2, 0) is 11.4 Å². The molecule has 0 bridgehead atoms. The van der Waals surface area contributed by atoms with Gasteiger partial charge in [0.05, 0.1) is 18.4 Å². The van der Waals surface area contributed by atoms with Crippen LogP contribution in [-0.4, -0.2) is 22.7 Å². The molecule has 1 unspecified atom stereocenters. The van der Waals surface area contributed by atoms with E-state index in [2.05, 4.69) is 10.4 Å². The molecule has 6 rings (SSSR count). The van der Waals surface area contributed by atoms with Gasteiger partial charge < -0.3 is 14.8 Å². The smallest absolute Gasteiger partial charge is 0.277 e. The fraction of sp³-hybridized carbons (Fsp3) is 0.200. The number of rotatable bonds is 6. The summed E-state index contributed by atoms with van der Waals surface area (Å²) in [6, 6.07) is 25.0. The normalized spacial score (nSPS) is 16.6. The van der Waals surface area contributed by atoms with E-state index in [1.165, 1.54) is 4.68 Å². The van der Waals surface area contributed by atoms with Crippen LogP contribution in [0.4, 0.5) is 5.82 Å². The van der Waals surface area contributed by atoms with Gasteiger partial charge in [0.2, 0.25) is 0 Å². The molecule has 2 N–H and O–H groups in total. The average Bonchev–Trinajstić information content (AvgIpc) is 3.27. The van der Waals surface area contributed by atoms with Crippen LogP contribution in [0.5, 0.6) is 11.5 Å². The number of ketones is 1. The van der Waals surface area contributed by atoms with Crippen molar-refractivity contribution in [1.29, 1.82) is 0 Å². The van der Waals surface area contributed by atoms with Crippen LogP contribution in [0.15, 0.2) is 94.9 Å². The number of carbonyl (C=O) groups is 1. The maximum absolute atomic E-state index is 13.8. The lowest BCUT2D eigenvalue weighted by atomic mass is 9.77. The molecule has 186 valence electrons. The molecular formula is C30H27N3O4. The summed E-state index contributed by atoms with van der Waals surface area (Å²) in [4.78, 5) is 27.1. The van der Waals surface area contributed by atoms with Gasteiger partial charge >= 0.3 is 0 Å². The summed E-state index contributed by atoms with van der Waals surface area (Å²) < 4.78 is 13.3. The molecule has 2 aliphatic rings. The third-order valence-electron chi connectivity index (χ3n) is 7.01. The fourth-order valence-corrected chi connectivity index (χ4v) is 5.25. The maximum atomic E-state index is 13.8. The molecule has 1 aliphatic heterocycles. The first-order valence-corrected chi connectivity index (χ1v) is 12.4. The number of carbonyl (C=O) groups excluding carboxylic acids is 1. The lowest BCUT2D eigenvalue weighted by Crippen LogP contribution is -2.29. The van der Waals surface area contributed by atoms with Gasteiger partial charge in [0, 0.05) is 23.6 Å². The first-order chi connectivity index (χ1) is 18.1. The Morgan fingerprint density at radius 2 is 1.68 bits per heavy atom. The molecule has 0 radical (unpaired) electrons. The van der Waals surface area contributed by atoms with Crippen molar-refractivity contribution in [1.82, 2.24) is 9.78 Å². The Bertz CT molecular complexity index is 1550. The van der Waals surface area contributed by atoms with Crippen molar-refractivity contribution in [2.45, 2.75) is 31.8 Å². The monoisotopic (exact) mass is 493 g/mol. The summed E-state index contributed by atoms with van der Waals surface area (Å²) in [5, 5.41) is 6.61. The van der Waals surface area contributed by atoms with Gasteiger partial charge in [-0.1, -0.05) is 54.6 Å². The third-order valence-corrected chi connectivity index (χ3v) is 7.01. The summed E-state index contributed by atoms with van der Waals surface area (Å²) in [7, 11) is 1.60. The number of ether oxygens (including phenoxy) is 2. The minimum absolute atomic E-state index is 0.0684. The summed E-state index contributed by atoms with van der Waals surface area (Å²) in [5.74, 6) is 1.33. The fourth-order valence-electron chi connectivity index (χ4n) is 5.25. The Labute approximate surface area is 214 Å². The molecule has 3 aromatic carbocycles. The third kappa shape index (κ3) is 4.12. The van der Waals surface area contributed by atoms with Gasteiger partial charge in [0.1, 0.15) is 12.4 Å². The zero-order valence-electron chi connectivity index (χ0n) is 20.5. The molecule has 7 heteroatoms. The molecule has 0 fully saturated rings. The van der Waals surface area contributed by atoms with E-state index < -0.39 is 5.92 Å². The number of benzene rings is 3. The molecular weight excluding hydrogens is 466 g/mol. The Morgan fingerprint density at radius 3 is 2.43 bits per heavy atom. The highest BCUT2D eigenvalue weighted by molar-refractivity contribution is 6.01.